The number of carbonyl (C=O) groups is 3. The summed E-state index contributed by atoms with van der Waals surface area (Å²) in [5.41, 5.74) is 0. The van der Waals surface area contributed by atoms with E-state index in [1.807, 2.05) is 6.92 Å². The fourth-order valence-electron chi connectivity index (χ4n) is 2.43. The number of urea groups is 1. The van der Waals surface area contributed by atoms with Crippen molar-refractivity contribution in [3.05, 3.63) is 12.3 Å². The third-order valence-corrected chi connectivity index (χ3v) is 3.96. The zero-order chi connectivity index (χ0) is 17.0. The molecule has 8 heteroatoms. The average molecular weight is 321 g/mol. The van der Waals surface area contributed by atoms with Crippen molar-refractivity contribution in [2.45, 2.75) is 39.2 Å². The number of carbonyl (C=O) groups excluding carboxylic acids is 3. The number of imide groups is 1. The molecule has 0 spiro atoms. The normalized spacial score (nSPS) is 16.1. The van der Waals surface area contributed by atoms with Crippen LogP contribution in [0.15, 0.2) is 12.3 Å². The Morgan fingerprint density at radius 1 is 1.43 bits per heavy atom. The summed E-state index contributed by atoms with van der Waals surface area (Å²) in [5, 5.41) is 7.04. The van der Waals surface area contributed by atoms with Crippen molar-refractivity contribution < 1.29 is 14.4 Å². The van der Waals surface area contributed by atoms with Gasteiger partial charge in [-0.2, -0.15) is 5.10 Å². The second-order valence-electron chi connectivity index (χ2n) is 5.75. The van der Waals surface area contributed by atoms with E-state index in [1.54, 1.807) is 24.0 Å². The molecule has 126 valence electrons. The Labute approximate surface area is 135 Å². The Balaban J connectivity index is 1.81. The predicted molar refractivity (Wildman–Crippen MR) is 84.8 cm³/mol. The van der Waals surface area contributed by atoms with Crippen molar-refractivity contribution in [2.24, 2.45) is 0 Å². The molecule has 4 amide bonds. The molecule has 2 heterocycles. The van der Waals surface area contributed by atoms with E-state index in [2.05, 4.69) is 17.3 Å². The van der Waals surface area contributed by atoms with Crippen LogP contribution in [-0.2, 0) is 9.59 Å². The molecular formula is C15H23N5O3. The summed E-state index contributed by atoms with van der Waals surface area (Å²) in [6.07, 6.45) is 3.25. The van der Waals surface area contributed by atoms with Gasteiger partial charge in [0.05, 0.1) is 12.2 Å². The Morgan fingerprint density at radius 3 is 2.78 bits per heavy atom. The van der Waals surface area contributed by atoms with Crippen molar-refractivity contribution in [1.82, 2.24) is 19.6 Å². The summed E-state index contributed by atoms with van der Waals surface area (Å²) in [6.45, 7) is 4.46. The van der Waals surface area contributed by atoms with Crippen LogP contribution in [0, 0.1) is 0 Å². The summed E-state index contributed by atoms with van der Waals surface area (Å²) < 4.78 is 1.78. The molecule has 1 saturated heterocycles. The number of likely N-dealkylation sites (N-methyl/N-ethyl adjacent to an activating group) is 1. The van der Waals surface area contributed by atoms with Crippen molar-refractivity contribution in [3.63, 3.8) is 0 Å². The van der Waals surface area contributed by atoms with Crippen LogP contribution in [0.3, 0.4) is 0 Å². The minimum Gasteiger partial charge on any atom is -0.318 e. The summed E-state index contributed by atoms with van der Waals surface area (Å²) in [4.78, 5) is 37.9. The SMILES string of the molecule is CCC(C)n1nccc1NC(=O)CCCN1C(=O)CN(C)C1=O. The topological polar surface area (TPSA) is 87.5 Å². The van der Waals surface area contributed by atoms with Gasteiger partial charge in [0.15, 0.2) is 0 Å². The summed E-state index contributed by atoms with van der Waals surface area (Å²) in [6, 6.07) is 1.66. The molecule has 0 saturated carbocycles. The second-order valence-corrected chi connectivity index (χ2v) is 5.75. The predicted octanol–water partition coefficient (Wildman–Crippen LogP) is 1.47. The van der Waals surface area contributed by atoms with Crippen LogP contribution < -0.4 is 5.32 Å². The molecule has 23 heavy (non-hydrogen) atoms. The maximum absolute atomic E-state index is 12.0. The number of amides is 4. The fourth-order valence-corrected chi connectivity index (χ4v) is 2.43. The minimum atomic E-state index is -0.301. The Kier molecular flexibility index (Phi) is 5.36. The molecule has 1 N–H and O–H groups in total. The van der Waals surface area contributed by atoms with Crippen molar-refractivity contribution in [1.29, 1.82) is 0 Å². The number of anilines is 1. The molecule has 1 aliphatic heterocycles. The lowest BCUT2D eigenvalue weighted by Crippen LogP contribution is -2.33. The largest absolute Gasteiger partial charge is 0.326 e. The number of rotatable bonds is 7. The standard InChI is InChI=1S/C15H23N5O3/c1-4-11(2)20-12(7-8-16-20)17-13(21)6-5-9-19-14(22)10-18(3)15(19)23/h7-8,11H,4-6,9-10H2,1-3H3,(H,17,21). The second kappa shape index (κ2) is 7.26. The molecule has 1 atom stereocenters. The molecule has 0 aliphatic carbocycles. The molecule has 1 unspecified atom stereocenters. The van der Waals surface area contributed by atoms with Crippen LogP contribution in [0.4, 0.5) is 10.6 Å². The molecule has 1 aliphatic rings. The quantitative estimate of drug-likeness (QED) is 0.770. The van der Waals surface area contributed by atoms with Gasteiger partial charge in [-0.3, -0.25) is 14.5 Å². The van der Waals surface area contributed by atoms with E-state index in [9.17, 15) is 14.4 Å². The van der Waals surface area contributed by atoms with Crippen LogP contribution in [0.2, 0.25) is 0 Å². The molecule has 1 aromatic heterocycles. The Bertz CT molecular complexity index is 598. The van der Waals surface area contributed by atoms with Crippen molar-refractivity contribution in [3.8, 4) is 0 Å². The number of hydrogen-bond acceptors (Lipinski definition) is 4. The van der Waals surface area contributed by atoms with E-state index in [0.717, 1.165) is 6.42 Å². The van der Waals surface area contributed by atoms with Gasteiger partial charge in [0.25, 0.3) is 0 Å². The van der Waals surface area contributed by atoms with E-state index in [0.29, 0.717) is 12.2 Å². The van der Waals surface area contributed by atoms with Gasteiger partial charge in [-0.25, -0.2) is 9.48 Å². The molecule has 8 nitrogen and oxygen atoms in total. The van der Waals surface area contributed by atoms with Gasteiger partial charge in [-0.05, 0) is 19.8 Å². The monoisotopic (exact) mass is 321 g/mol. The summed E-state index contributed by atoms with van der Waals surface area (Å²) >= 11 is 0. The maximum Gasteiger partial charge on any atom is 0.326 e. The first-order chi connectivity index (χ1) is 10.9. The molecule has 1 fully saturated rings. The van der Waals surface area contributed by atoms with E-state index in [-0.39, 0.29) is 43.4 Å². The Morgan fingerprint density at radius 2 is 2.17 bits per heavy atom. The van der Waals surface area contributed by atoms with Gasteiger partial charge in [-0.1, -0.05) is 6.92 Å². The van der Waals surface area contributed by atoms with Gasteiger partial charge in [0.2, 0.25) is 11.8 Å². The molecule has 1 aromatic rings. The van der Waals surface area contributed by atoms with E-state index >= 15 is 0 Å². The Hall–Kier alpha value is -2.38. The van der Waals surface area contributed by atoms with E-state index in [4.69, 9.17) is 0 Å². The molecule has 0 aromatic carbocycles. The molecular weight excluding hydrogens is 298 g/mol. The smallest absolute Gasteiger partial charge is 0.318 e. The minimum absolute atomic E-state index is 0.110. The number of nitrogens with zero attached hydrogens (tertiary/aromatic N) is 4. The molecule has 2 rings (SSSR count). The van der Waals surface area contributed by atoms with E-state index < -0.39 is 0 Å². The van der Waals surface area contributed by atoms with Crippen LogP contribution in [0.5, 0.6) is 0 Å². The first-order valence-corrected chi connectivity index (χ1v) is 7.82. The third kappa shape index (κ3) is 3.88. The highest BCUT2D eigenvalue weighted by Crippen LogP contribution is 2.17. The number of hydrogen-bond donors (Lipinski definition) is 1. The summed E-state index contributed by atoms with van der Waals surface area (Å²) in [5.74, 6) is 0.299. The van der Waals surface area contributed by atoms with Gasteiger partial charge >= 0.3 is 6.03 Å². The first-order valence-electron chi connectivity index (χ1n) is 7.82. The van der Waals surface area contributed by atoms with Gasteiger partial charge < -0.3 is 10.2 Å². The lowest BCUT2D eigenvalue weighted by molar-refractivity contribution is -0.125. The molecule has 0 radical (unpaired) electrons. The van der Waals surface area contributed by atoms with Crippen molar-refractivity contribution >= 4 is 23.7 Å². The van der Waals surface area contributed by atoms with E-state index in [1.165, 1.54) is 9.80 Å². The number of aromatic nitrogens is 2. The fraction of sp³-hybridized carbons (Fsp3) is 0.600. The number of nitrogens with one attached hydrogen (secondary N) is 1. The lowest BCUT2D eigenvalue weighted by atomic mass is 10.2. The highest BCUT2D eigenvalue weighted by Gasteiger charge is 2.32. The average Bonchev–Trinajstić information content (AvgIpc) is 3.06. The van der Waals surface area contributed by atoms with Crippen LogP contribution in [-0.4, -0.2) is 57.6 Å². The van der Waals surface area contributed by atoms with Gasteiger partial charge in [0, 0.05) is 26.1 Å². The third-order valence-electron chi connectivity index (χ3n) is 3.96. The highest BCUT2D eigenvalue weighted by molar-refractivity contribution is 6.01. The van der Waals surface area contributed by atoms with Crippen LogP contribution >= 0.6 is 0 Å². The first kappa shape index (κ1) is 17.0. The lowest BCUT2D eigenvalue weighted by Gasteiger charge is -2.15. The van der Waals surface area contributed by atoms with Gasteiger partial charge in [0.1, 0.15) is 12.4 Å². The van der Waals surface area contributed by atoms with Crippen LogP contribution in [0.1, 0.15) is 39.2 Å². The summed E-state index contributed by atoms with van der Waals surface area (Å²) in [7, 11) is 1.59. The maximum atomic E-state index is 12.0. The van der Waals surface area contributed by atoms with Crippen molar-refractivity contribution in [2.75, 3.05) is 25.5 Å². The zero-order valence-electron chi connectivity index (χ0n) is 13.8. The highest BCUT2D eigenvalue weighted by atomic mass is 16.2. The van der Waals surface area contributed by atoms with Crippen LogP contribution in [0.25, 0.3) is 0 Å². The van der Waals surface area contributed by atoms with Gasteiger partial charge in [-0.15, -0.1) is 0 Å². The zero-order valence-corrected chi connectivity index (χ0v) is 13.8. The molecule has 0 bridgehead atoms.